The molecular weight excluding hydrogens is 226 g/mol. The van der Waals surface area contributed by atoms with E-state index in [0.29, 0.717) is 0 Å². The number of aliphatic hydroxyl groups excluding tert-OH is 1. The highest BCUT2D eigenvalue weighted by atomic mass is 32.2. The molecule has 98 valence electrons. The lowest BCUT2D eigenvalue weighted by Gasteiger charge is -2.24. The van der Waals surface area contributed by atoms with Gasteiger partial charge in [-0.15, -0.1) is 0 Å². The highest BCUT2D eigenvalue weighted by Crippen LogP contribution is 2.15. The summed E-state index contributed by atoms with van der Waals surface area (Å²) in [6, 6.07) is 0. The molecule has 4 nitrogen and oxygen atoms in total. The molecule has 16 heavy (non-hydrogen) atoms. The van der Waals surface area contributed by atoms with E-state index in [0.717, 1.165) is 12.8 Å². The minimum atomic E-state index is -3.35. The quantitative estimate of drug-likeness (QED) is 0.752. The van der Waals surface area contributed by atoms with Crippen molar-refractivity contribution in [3.8, 4) is 0 Å². The van der Waals surface area contributed by atoms with Crippen molar-refractivity contribution in [2.75, 3.05) is 6.54 Å². The van der Waals surface area contributed by atoms with Gasteiger partial charge < -0.3 is 5.11 Å². The van der Waals surface area contributed by atoms with E-state index in [1.807, 2.05) is 13.8 Å². The lowest BCUT2D eigenvalue weighted by molar-refractivity contribution is 0.107. The standard InChI is InChI=1S/C11H25NO3S/c1-6-9(7-2)10(13)8-12-16(14,15)11(3,4)5/h9-10,12-13H,6-8H2,1-5H3. The Hall–Kier alpha value is -0.130. The summed E-state index contributed by atoms with van der Waals surface area (Å²) < 4.78 is 25.1. The Morgan fingerprint density at radius 1 is 1.19 bits per heavy atom. The lowest BCUT2D eigenvalue weighted by Crippen LogP contribution is -2.44. The van der Waals surface area contributed by atoms with Crippen molar-refractivity contribution < 1.29 is 13.5 Å². The first-order chi connectivity index (χ1) is 7.15. The van der Waals surface area contributed by atoms with Crippen LogP contribution in [-0.4, -0.2) is 30.9 Å². The van der Waals surface area contributed by atoms with Crippen LogP contribution in [0, 0.1) is 5.92 Å². The number of hydrogen-bond acceptors (Lipinski definition) is 3. The van der Waals surface area contributed by atoms with E-state index in [9.17, 15) is 13.5 Å². The number of sulfonamides is 1. The van der Waals surface area contributed by atoms with Gasteiger partial charge in [-0.25, -0.2) is 13.1 Å². The van der Waals surface area contributed by atoms with Crippen LogP contribution in [-0.2, 0) is 10.0 Å². The van der Waals surface area contributed by atoms with Gasteiger partial charge in [0.15, 0.2) is 0 Å². The van der Waals surface area contributed by atoms with Crippen LogP contribution < -0.4 is 4.72 Å². The molecule has 0 heterocycles. The summed E-state index contributed by atoms with van der Waals surface area (Å²) in [6.07, 6.45) is 1.11. The SMILES string of the molecule is CCC(CC)C(O)CNS(=O)(=O)C(C)(C)C. The predicted octanol–water partition coefficient (Wildman–Crippen LogP) is 1.50. The molecule has 0 aromatic carbocycles. The Morgan fingerprint density at radius 2 is 1.62 bits per heavy atom. The second-order valence-corrected chi connectivity index (χ2v) is 7.63. The molecule has 0 fully saturated rings. The summed E-state index contributed by atoms with van der Waals surface area (Å²) in [6.45, 7) is 9.01. The molecular formula is C11H25NO3S. The molecule has 0 rings (SSSR count). The average Bonchev–Trinajstić information content (AvgIpc) is 2.15. The summed E-state index contributed by atoms with van der Waals surface area (Å²) >= 11 is 0. The van der Waals surface area contributed by atoms with E-state index < -0.39 is 20.9 Å². The van der Waals surface area contributed by atoms with Crippen LogP contribution in [0.15, 0.2) is 0 Å². The Morgan fingerprint density at radius 3 is 1.94 bits per heavy atom. The van der Waals surface area contributed by atoms with Gasteiger partial charge in [0.25, 0.3) is 0 Å². The maximum absolute atomic E-state index is 11.7. The van der Waals surface area contributed by atoms with Crippen molar-refractivity contribution >= 4 is 10.0 Å². The Labute approximate surface area is 99.5 Å². The monoisotopic (exact) mass is 251 g/mol. The van der Waals surface area contributed by atoms with Crippen molar-refractivity contribution in [1.29, 1.82) is 0 Å². The molecule has 0 aromatic rings. The lowest BCUT2D eigenvalue weighted by atomic mass is 9.97. The normalized spacial score (nSPS) is 15.4. The zero-order valence-electron chi connectivity index (χ0n) is 10.9. The molecule has 2 N–H and O–H groups in total. The Kier molecular flexibility index (Phi) is 5.93. The minimum absolute atomic E-state index is 0.103. The Bertz CT molecular complexity index is 289. The van der Waals surface area contributed by atoms with Crippen molar-refractivity contribution in [3.63, 3.8) is 0 Å². The summed E-state index contributed by atoms with van der Waals surface area (Å²) in [4.78, 5) is 0. The zero-order valence-corrected chi connectivity index (χ0v) is 11.8. The van der Waals surface area contributed by atoms with Gasteiger partial charge in [-0.2, -0.15) is 0 Å². The molecule has 0 aliphatic heterocycles. The van der Waals surface area contributed by atoms with E-state index in [2.05, 4.69) is 4.72 Å². The first-order valence-corrected chi connectivity index (χ1v) is 7.31. The molecule has 0 aliphatic carbocycles. The number of rotatable bonds is 6. The maximum Gasteiger partial charge on any atom is 0.216 e. The maximum atomic E-state index is 11.7. The topological polar surface area (TPSA) is 66.4 Å². The van der Waals surface area contributed by atoms with Crippen LogP contribution in [0.4, 0.5) is 0 Å². The van der Waals surface area contributed by atoms with Crippen LogP contribution in [0.3, 0.4) is 0 Å². The van der Waals surface area contributed by atoms with Crippen molar-refractivity contribution in [3.05, 3.63) is 0 Å². The number of aliphatic hydroxyl groups is 1. The fourth-order valence-electron chi connectivity index (χ4n) is 1.41. The summed E-state index contributed by atoms with van der Waals surface area (Å²) in [5.74, 6) is 0.155. The second kappa shape index (κ2) is 5.98. The third kappa shape index (κ3) is 4.39. The molecule has 1 atom stereocenters. The van der Waals surface area contributed by atoms with Gasteiger partial charge in [0, 0.05) is 6.54 Å². The molecule has 0 radical (unpaired) electrons. The second-order valence-electron chi connectivity index (χ2n) is 5.11. The minimum Gasteiger partial charge on any atom is -0.391 e. The van der Waals surface area contributed by atoms with Crippen LogP contribution in [0.2, 0.25) is 0 Å². The predicted molar refractivity (Wildman–Crippen MR) is 66.8 cm³/mol. The van der Waals surface area contributed by atoms with Gasteiger partial charge in [-0.1, -0.05) is 26.7 Å². The van der Waals surface area contributed by atoms with Crippen molar-refractivity contribution in [1.82, 2.24) is 4.72 Å². The van der Waals surface area contributed by atoms with E-state index in [1.165, 1.54) is 0 Å². The van der Waals surface area contributed by atoms with Crippen molar-refractivity contribution in [2.24, 2.45) is 5.92 Å². The van der Waals surface area contributed by atoms with Gasteiger partial charge in [0.2, 0.25) is 10.0 Å². The van der Waals surface area contributed by atoms with E-state index in [4.69, 9.17) is 0 Å². The smallest absolute Gasteiger partial charge is 0.216 e. The molecule has 0 saturated carbocycles. The highest BCUT2D eigenvalue weighted by molar-refractivity contribution is 7.90. The van der Waals surface area contributed by atoms with Crippen LogP contribution in [0.1, 0.15) is 47.5 Å². The van der Waals surface area contributed by atoms with Gasteiger partial charge in [-0.3, -0.25) is 0 Å². The third-order valence-electron chi connectivity index (χ3n) is 2.88. The largest absolute Gasteiger partial charge is 0.391 e. The number of hydrogen-bond donors (Lipinski definition) is 2. The van der Waals surface area contributed by atoms with E-state index in [1.54, 1.807) is 20.8 Å². The fraction of sp³-hybridized carbons (Fsp3) is 1.00. The molecule has 0 spiro atoms. The highest BCUT2D eigenvalue weighted by Gasteiger charge is 2.29. The molecule has 1 unspecified atom stereocenters. The first kappa shape index (κ1) is 15.9. The van der Waals surface area contributed by atoms with Gasteiger partial charge in [-0.05, 0) is 26.7 Å². The van der Waals surface area contributed by atoms with Crippen LogP contribution in [0.25, 0.3) is 0 Å². The molecule has 0 bridgehead atoms. The fourth-order valence-corrected chi connectivity index (χ4v) is 2.23. The summed E-state index contributed by atoms with van der Waals surface area (Å²) in [7, 11) is -3.35. The van der Waals surface area contributed by atoms with E-state index >= 15 is 0 Å². The molecule has 0 aromatic heterocycles. The summed E-state index contributed by atoms with van der Waals surface area (Å²) in [5, 5.41) is 9.81. The molecule has 0 saturated heterocycles. The number of nitrogens with one attached hydrogen (secondary N) is 1. The molecule has 5 heteroatoms. The van der Waals surface area contributed by atoms with Gasteiger partial charge >= 0.3 is 0 Å². The van der Waals surface area contributed by atoms with E-state index in [-0.39, 0.29) is 12.5 Å². The summed E-state index contributed by atoms with van der Waals surface area (Å²) in [5.41, 5.74) is 0. The molecule has 0 aliphatic rings. The van der Waals surface area contributed by atoms with Gasteiger partial charge in [0.1, 0.15) is 0 Å². The van der Waals surface area contributed by atoms with Crippen molar-refractivity contribution in [2.45, 2.75) is 58.3 Å². The third-order valence-corrected chi connectivity index (χ3v) is 5.04. The first-order valence-electron chi connectivity index (χ1n) is 5.83. The van der Waals surface area contributed by atoms with Crippen LogP contribution >= 0.6 is 0 Å². The Balaban J connectivity index is 4.36. The zero-order chi connectivity index (χ0) is 13.0. The van der Waals surface area contributed by atoms with Gasteiger partial charge in [0.05, 0.1) is 10.9 Å². The molecule has 0 amide bonds. The van der Waals surface area contributed by atoms with Crippen LogP contribution in [0.5, 0.6) is 0 Å². The average molecular weight is 251 g/mol.